The molecule has 0 radical (unpaired) electrons. The molecule has 0 spiro atoms. The lowest BCUT2D eigenvalue weighted by Crippen LogP contribution is -2.31. The van der Waals surface area contributed by atoms with E-state index in [-0.39, 0.29) is 11.4 Å². The van der Waals surface area contributed by atoms with Crippen LogP contribution in [0.2, 0.25) is 0 Å². The number of aromatic nitrogens is 4. The average Bonchev–Trinajstić information content (AvgIpc) is 2.99. The molecule has 1 aliphatic heterocycles. The molecule has 0 saturated carbocycles. The molecule has 2 aromatic heterocycles. The summed E-state index contributed by atoms with van der Waals surface area (Å²) in [4.78, 5) is 11.5. The van der Waals surface area contributed by atoms with E-state index in [4.69, 9.17) is 0 Å². The summed E-state index contributed by atoms with van der Waals surface area (Å²) in [5.74, 6) is 2.34. The van der Waals surface area contributed by atoms with Crippen molar-refractivity contribution in [2.75, 3.05) is 36.4 Å². The van der Waals surface area contributed by atoms with Gasteiger partial charge in [0.15, 0.2) is 0 Å². The van der Waals surface area contributed by atoms with Gasteiger partial charge in [-0.2, -0.15) is 5.10 Å². The number of nitrogens with zero attached hydrogens (tertiary/aromatic N) is 5. The smallest absolute Gasteiger partial charge is 0.244 e. The predicted molar refractivity (Wildman–Crippen MR) is 114 cm³/mol. The average molecular weight is 422 g/mol. The highest BCUT2D eigenvalue weighted by Crippen LogP contribution is 2.21. The zero-order chi connectivity index (χ0) is 21.0. The first-order valence-corrected chi connectivity index (χ1v) is 11.7. The van der Waals surface area contributed by atoms with Crippen LogP contribution in [0.4, 0.5) is 11.6 Å². The van der Waals surface area contributed by atoms with E-state index in [1.807, 2.05) is 19.9 Å². The van der Waals surface area contributed by atoms with Gasteiger partial charge < -0.3 is 10.2 Å². The first kappa shape index (κ1) is 21.5. The van der Waals surface area contributed by atoms with Gasteiger partial charge in [-0.25, -0.2) is 23.1 Å². The molecular weight excluding hydrogens is 390 g/mol. The fraction of sp³-hybridized carbons (Fsp3) is 0.632. The van der Waals surface area contributed by atoms with Gasteiger partial charge >= 0.3 is 0 Å². The third kappa shape index (κ3) is 5.05. The summed E-state index contributed by atoms with van der Waals surface area (Å²) in [6.45, 7) is 10.7. The molecule has 2 N–H and O–H groups in total. The van der Waals surface area contributed by atoms with Crippen LogP contribution in [-0.2, 0) is 16.6 Å². The number of anilines is 2. The SMILES string of the molecule is CCn1nc(C)c(S(=O)(=O)NCCNc2cc(N3CCCCC3)nc(C)n2)c1C. The first-order valence-electron chi connectivity index (χ1n) is 10.2. The van der Waals surface area contributed by atoms with Gasteiger partial charge in [0.25, 0.3) is 0 Å². The first-order chi connectivity index (χ1) is 13.8. The van der Waals surface area contributed by atoms with Crippen molar-refractivity contribution in [3.05, 3.63) is 23.3 Å². The number of piperidine rings is 1. The lowest BCUT2D eigenvalue weighted by molar-refractivity contribution is 0.572. The van der Waals surface area contributed by atoms with E-state index < -0.39 is 10.0 Å². The van der Waals surface area contributed by atoms with Crippen molar-refractivity contribution < 1.29 is 8.42 Å². The Labute approximate surface area is 173 Å². The van der Waals surface area contributed by atoms with E-state index in [1.165, 1.54) is 19.3 Å². The maximum absolute atomic E-state index is 12.7. The number of rotatable bonds is 8. The van der Waals surface area contributed by atoms with E-state index >= 15 is 0 Å². The largest absolute Gasteiger partial charge is 0.369 e. The highest BCUT2D eigenvalue weighted by Gasteiger charge is 2.23. The molecule has 0 aliphatic carbocycles. The lowest BCUT2D eigenvalue weighted by atomic mass is 10.1. The summed E-state index contributed by atoms with van der Waals surface area (Å²) in [7, 11) is -3.61. The van der Waals surface area contributed by atoms with Crippen LogP contribution in [0.25, 0.3) is 0 Å². The van der Waals surface area contributed by atoms with Crippen LogP contribution in [0.1, 0.15) is 43.4 Å². The number of hydrogen-bond acceptors (Lipinski definition) is 7. The van der Waals surface area contributed by atoms with Crippen LogP contribution in [0.15, 0.2) is 11.0 Å². The van der Waals surface area contributed by atoms with E-state index in [0.29, 0.717) is 36.1 Å². The van der Waals surface area contributed by atoms with Crippen LogP contribution in [0.5, 0.6) is 0 Å². The topological polar surface area (TPSA) is 105 Å². The lowest BCUT2D eigenvalue weighted by Gasteiger charge is -2.28. The minimum absolute atomic E-state index is 0.251. The highest BCUT2D eigenvalue weighted by molar-refractivity contribution is 7.89. The molecule has 3 rings (SSSR count). The van der Waals surface area contributed by atoms with Gasteiger partial charge in [-0.05, 0) is 47.0 Å². The highest BCUT2D eigenvalue weighted by atomic mass is 32.2. The van der Waals surface area contributed by atoms with Gasteiger partial charge in [-0.3, -0.25) is 4.68 Å². The summed E-state index contributed by atoms with van der Waals surface area (Å²) in [6, 6.07) is 1.94. The summed E-state index contributed by atoms with van der Waals surface area (Å²) in [5, 5.41) is 7.50. The number of nitrogens with one attached hydrogen (secondary N) is 2. The Bertz CT molecular complexity index is 950. The molecule has 0 unspecified atom stereocenters. The molecule has 0 aromatic carbocycles. The maximum atomic E-state index is 12.7. The molecule has 2 aromatic rings. The Kier molecular flexibility index (Phi) is 6.74. The van der Waals surface area contributed by atoms with Gasteiger partial charge in [0.05, 0.1) is 11.4 Å². The summed E-state index contributed by atoms with van der Waals surface area (Å²) in [5.41, 5.74) is 1.17. The minimum Gasteiger partial charge on any atom is -0.369 e. The van der Waals surface area contributed by atoms with Crippen molar-refractivity contribution in [1.29, 1.82) is 0 Å². The predicted octanol–water partition coefficient (Wildman–Crippen LogP) is 2.00. The standard InChI is InChI=1S/C19H31N7O2S/c1-5-26-15(3)19(14(2)24-26)29(27,28)21-10-9-20-17-13-18(23-16(4)22-17)25-11-7-6-8-12-25/h13,21H,5-12H2,1-4H3,(H,20,22,23). The zero-order valence-electron chi connectivity index (χ0n) is 17.7. The second-order valence-electron chi connectivity index (χ2n) is 7.35. The van der Waals surface area contributed by atoms with Crippen molar-refractivity contribution in [2.24, 2.45) is 0 Å². The molecule has 9 nitrogen and oxygen atoms in total. The second kappa shape index (κ2) is 9.08. The quantitative estimate of drug-likeness (QED) is 0.628. The summed E-state index contributed by atoms with van der Waals surface area (Å²) in [6.07, 6.45) is 3.63. The van der Waals surface area contributed by atoms with Crippen LogP contribution in [-0.4, -0.2) is 54.3 Å². The fourth-order valence-electron chi connectivity index (χ4n) is 3.75. The number of sulfonamides is 1. The minimum atomic E-state index is -3.61. The number of hydrogen-bond donors (Lipinski definition) is 2. The third-order valence-electron chi connectivity index (χ3n) is 5.11. The maximum Gasteiger partial charge on any atom is 0.244 e. The Hall–Kier alpha value is -2.20. The van der Waals surface area contributed by atoms with E-state index in [0.717, 1.165) is 18.9 Å². The molecule has 10 heteroatoms. The molecular formula is C19H31N7O2S. The molecule has 1 fully saturated rings. The Balaban J connectivity index is 1.60. The second-order valence-corrected chi connectivity index (χ2v) is 9.05. The van der Waals surface area contributed by atoms with Crippen LogP contribution < -0.4 is 14.9 Å². The number of aryl methyl sites for hydroxylation is 3. The molecule has 1 saturated heterocycles. The van der Waals surface area contributed by atoms with Gasteiger partial charge in [0.1, 0.15) is 22.4 Å². The molecule has 0 atom stereocenters. The molecule has 0 amide bonds. The summed E-state index contributed by atoms with van der Waals surface area (Å²) >= 11 is 0. The van der Waals surface area contributed by atoms with Crippen molar-refractivity contribution in [1.82, 2.24) is 24.5 Å². The Morgan fingerprint density at radius 1 is 1.07 bits per heavy atom. The van der Waals surface area contributed by atoms with Crippen LogP contribution >= 0.6 is 0 Å². The Morgan fingerprint density at radius 2 is 1.79 bits per heavy atom. The third-order valence-corrected chi connectivity index (χ3v) is 6.82. The molecule has 160 valence electrons. The van der Waals surface area contributed by atoms with Crippen molar-refractivity contribution in [3.63, 3.8) is 0 Å². The summed E-state index contributed by atoms with van der Waals surface area (Å²) < 4.78 is 29.8. The van der Waals surface area contributed by atoms with Crippen LogP contribution in [0.3, 0.4) is 0 Å². The molecule has 0 bridgehead atoms. The van der Waals surface area contributed by atoms with Crippen molar-refractivity contribution in [2.45, 2.75) is 58.4 Å². The van der Waals surface area contributed by atoms with Crippen molar-refractivity contribution in [3.8, 4) is 0 Å². The Morgan fingerprint density at radius 3 is 2.45 bits per heavy atom. The zero-order valence-corrected chi connectivity index (χ0v) is 18.5. The van der Waals surface area contributed by atoms with Gasteiger partial charge in [0.2, 0.25) is 10.0 Å². The van der Waals surface area contributed by atoms with Crippen LogP contribution in [0, 0.1) is 20.8 Å². The van der Waals surface area contributed by atoms with Gasteiger partial charge in [-0.15, -0.1) is 0 Å². The van der Waals surface area contributed by atoms with Gasteiger partial charge in [-0.1, -0.05) is 0 Å². The van der Waals surface area contributed by atoms with E-state index in [2.05, 4.69) is 30.0 Å². The van der Waals surface area contributed by atoms with Gasteiger partial charge in [0, 0.05) is 38.8 Å². The van der Waals surface area contributed by atoms with Crippen molar-refractivity contribution >= 4 is 21.7 Å². The van der Waals surface area contributed by atoms with E-state index in [9.17, 15) is 8.42 Å². The normalized spacial score (nSPS) is 15.0. The molecule has 29 heavy (non-hydrogen) atoms. The molecule has 1 aliphatic rings. The molecule has 3 heterocycles. The fourth-order valence-corrected chi connectivity index (χ4v) is 5.19. The van der Waals surface area contributed by atoms with E-state index in [1.54, 1.807) is 18.5 Å². The monoisotopic (exact) mass is 421 g/mol.